The second-order valence-electron chi connectivity index (χ2n) is 11.4. The second kappa shape index (κ2) is 16.6. The van der Waals surface area contributed by atoms with E-state index in [-0.39, 0.29) is 35.4 Å². The summed E-state index contributed by atoms with van der Waals surface area (Å²) < 4.78 is 40.9. The molecule has 248 valence electrons. The van der Waals surface area contributed by atoms with Crippen LogP contribution in [0.5, 0.6) is 11.5 Å². The topological polar surface area (TPSA) is 105 Å². The highest BCUT2D eigenvalue weighted by Crippen LogP contribution is 2.33. The monoisotopic (exact) mass is 657 g/mol. The van der Waals surface area contributed by atoms with E-state index in [1.807, 2.05) is 56.3 Å². The Morgan fingerprint density at radius 3 is 2.13 bits per heavy atom. The lowest BCUT2D eigenvalue weighted by Gasteiger charge is -2.34. The molecule has 9 nitrogen and oxygen atoms in total. The van der Waals surface area contributed by atoms with E-state index in [9.17, 15) is 18.0 Å². The van der Waals surface area contributed by atoms with Crippen LogP contribution in [0.3, 0.4) is 0 Å². The van der Waals surface area contributed by atoms with E-state index in [1.165, 1.54) is 17.0 Å². The Hall–Kier alpha value is -4.83. The number of carbonyl (C=O) groups is 2. The van der Waals surface area contributed by atoms with Crippen LogP contribution < -0.4 is 19.1 Å². The molecule has 1 atom stereocenters. The number of ether oxygens (including phenoxy) is 2. The van der Waals surface area contributed by atoms with Gasteiger partial charge in [0, 0.05) is 19.5 Å². The maximum Gasteiger partial charge on any atom is 0.264 e. The number of benzene rings is 4. The molecule has 0 saturated heterocycles. The zero-order valence-corrected chi connectivity index (χ0v) is 28.2. The van der Waals surface area contributed by atoms with Crippen LogP contribution in [0.1, 0.15) is 31.9 Å². The van der Waals surface area contributed by atoms with Gasteiger partial charge < -0.3 is 19.7 Å². The van der Waals surface area contributed by atoms with Crippen LogP contribution in [0.4, 0.5) is 5.69 Å². The van der Waals surface area contributed by atoms with Gasteiger partial charge in [-0.3, -0.25) is 13.9 Å². The molecule has 1 N–H and O–H groups in total. The van der Waals surface area contributed by atoms with Crippen molar-refractivity contribution in [3.63, 3.8) is 0 Å². The number of sulfonamides is 1. The van der Waals surface area contributed by atoms with Crippen LogP contribution in [0, 0.1) is 5.92 Å². The molecular formula is C37H43N3O6S. The fourth-order valence-corrected chi connectivity index (χ4v) is 6.56. The fourth-order valence-electron chi connectivity index (χ4n) is 5.12. The lowest BCUT2D eigenvalue weighted by Crippen LogP contribution is -2.53. The van der Waals surface area contributed by atoms with Crippen molar-refractivity contribution in [2.45, 2.75) is 44.7 Å². The molecule has 47 heavy (non-hydrogen) atoms. The quantitative estimate of drug-likeness (QED) is 0.166. The van der Waals surface area contributed by atoms with Crippen molar-refractivity contribution in [3.8, 4) is 11.5 Å². The van der Waals surface area contributed by atoms with Crippen LogP contribution in [-0.2, 0) is 32.6 Å². The van der Waals surface area contributed by atoms with Gasteiger partial charge in [-0.1, -0.05) is 86.6 Å². The molecule has 2 amide bonds. The smallest absolute Gasteiger partial charge is 0.264 e. The summed E-state index contributed by atoms with van der Waals surface area (Å²) in [6.07, 6.45) is 0.224. The van der Waals surface area contributed by atoms with Crippen LogP contribution in [-0.4, -0.2) is 58.0 Å². The summed E-state index contributed by atoms with van der Waals surface area (Å²) in [5.41, 5.74) is 1.80. The summed E-state index contributed by atoms with van der Waals surface area (Å²) in [4.78, 5) is 30.1. The predicted octanol–water partition coefficient (Wildman–Crippen LogP) is 5.70. The zero-order chi connectivity index (χ0) is 33.8. The first-order valence-corrected chi connectivity index (χ1v) is 17.1. The fraction of sp³-hybridized carbons (Fsp3) is 0.297. The van der Waals surface area contributed by atoms with E-state index in [0.29, 0.717) is 24.7 Å². The van der Waals surface area contributed by atoms with Crippen LogP contribution in [0.2, 0.25) is 0 Å². The standard InChI is InChI=1S/C37H43N3O6S/c1-5-46-35-22-13-12-21-33(35)40(47(43,44)32-19-10-7-11-20-32)27-36(41)39(26-30-17-14-18-31(23-30)45-4)34(37(42)38-25-28(2)3)24-29-15-8-6-9-16-29/h6-23,28,34H,5,24-27H2,1-4H3,(H,38,42). The lowest BCUT2D eigenvalue weighted by molar-refractivity contribution is -0.140. The van der Waals surface area contributed by atoms with Gasteiger partial charge in [0.25, 0.3) is 10.0 Å². The van der Waals surface area contributed by atoms with Gasteiger partial charge in [0.15, 0.2) is 0 Å². The first-order valence-electron chi connectivity index (χ1n) is 15.7. The number of carbonyl (C=O) groups excluding carboxylic acids is 2. The molecule has 0 bridgehead atoms. The molecule has 4 rings (SSSR count). The first kappa shape index (κ1) is 35.0. The Labute approximate surface area is 278 Å². The minimum atomic E-state index is -4.25. The van der Waals surface area contributed by atoms with Crippen LogP contribution in [0.15, 0.2) is 114 Å². The summed E-state index contributed by atoms with van der Waals surface area (Å²) in [7, 11) is -2.69. The summed E-state index contributed by atoms with van der Waals surface area (Å²) in [6, 6.07) is 30.4. The molecule has 0 radical (unpaired) electrons. The van der Waals surface area contributed by atoms with Gasteiger partial charge in [0.1, 0.15) is 24.1 Å². The molecule has 0 aromatic heterocycles. The highest BCUT2D eigenvalue weighted by atomic mass is 32.2. The Bertz CT molecular complexity index is 1710. The van der Waals surface area contributed by atoms with Gasteiger partial charge in [0.2, 0.25) is 11.8 Å². The Morgan fingerprint density at radius 2 is 1.47 bits per heavy atom. The highest BCUT2D eigenvalue weighted by Gasteiger charge is 2.35. The molecule has 4 aromatic rings. The van der Waals surface area contributed by atoms with E-state index in [0.717, 1.165) is 15.4 Å². The average molecular weight is 658 g/mol. The van der Waals surface area contributed by atoms with E-state index < -0.39 is 28.5 Å². The largest absolute Gasteiger partial charge is 0.497 e. The predicted molar refractivity (Wildman–Crippen MR) is 184 cm³/mol. The van der Waals surface area contributed by atoms with E-state index >= 15 is 0 Å². The number of hydrogen-bond donors (Lipinski definition) is 1. The van der Waals surface area contributed by atoms with Crippen molar-refractivity contribution in [1.82, 2.24) is 10.2 Å². The molecule has 0 aliphatic rings. The molecular weight excluding hydrogens is 614 g/mol. The molecule has 1 unspecified atom stereocenters. The zero-order valence-electron chi connectivity index (χ0n) is 27.3. The van der Waals surface area contributed by atoms with E-state index in [2.05, 4.69) is 5.32 Å². The van der Waals surface area contributed by atoms with Crippen LogP contribution >= 0.6 is 0 Å². The molecule has 4 aromatic carbocycles. The Balaban J connectivity index is 1.83. The summed E-state index contributed by atoms with van der Waals surface area (Å²) in [5.74, 6) is 0.209. The molecule has 0 saturated carbocycles. The van der Waals surface area contributed by atoms with Crippen molar-refractivity contribution in [2.75, 3.05) is 31.1 Å². The molecule has 10 heteroatoms. The minimum absolute atomic E-state index is 0.0222. The average Bonchev–Trinajstić information content (AvgIpc) is 3.09. The number of nitrogens with one attached hydrogen (secondary N) is 1. The van der Waals surface area contributed by atoms with Crippen molar-refractivity contribution < 1.29 is 27.5 Å². The van der Waals surface area contributed by atoms with E-state index in [1.54, 1.807) is 68.6 Å². The Kier molecular flexibility index (Phi) is 12.4. The summed E-state index contributed by atoms with van der Waals surface area (Å²) in [5, 5.41) is 3.00. The number of para-hydroxylation sites is 2. The third-order valence-corrected chi connectivity index (χ3v) is 9.26. The van der Waals surface area contributed by atoms with E-state index in [4.69, 9.17) is 9.47 Å². The van der Waals surface area contributed by atoms with Gasteiger partial charge >= 0.3 is 0 Å². The summed E-state index contributed by atoms with van der Waals surface area (Å²) in [6.45, 7) is 5.96. The van der Waals surface area contributed by atoms with Gasteiger partial charge in [-0.15, -0.1) is 0 Å². The number of amides is 2. The Morgan fingerprint density at radius 1 is 0.830 bits per heavy atom. The second-order valence-corrected chi connectivity index (χ2v) is 13.3. The maximum atomic E-state index is 14.7. The normalized spacial score (nSPS) is 11.9. The number of rotatable bonds is 16. The van der Waals surface area contributed by atoms with Crippen molar-refractivity contribution in [3.05, 3.63) is 120 Å². The number of anilines is 1. The summed E-state index contributed by atoms with van der Waals surface area (Å²) >= 11 is 0. The molecule has 0 aliphatic heterocycles. The highest BCUT2D eigenvalue weighted by molar-refractivity contribution is 7.92. The number of methoxy groups -OCH3 is 1. The molecule has 0 spiro atoms. The third kappa shape index (κ3) is 9.36. The lowest BCUT2D eigenvalue weighted by atomic mass is 10.0. The minimum Gasteiger partial charge on any atom is -0.497 e. The van der Waals surface area contributed by atoms with Crippen molar-refractivity contribution >= 4 is 27.5 Å². The van der Waals surface area contributed by atoms with Gasteiger partial charge in [-0.05, 0) is 60.4 Å². The molecule has 0 fully saturated rings. The van der Waals surface area contributed by atoms with Crippen LogP contribution in [0.25, 0.3) is 0 Å². The van der Waals surface area contributed by atoms with Gasteiger partial charge in [-0.2, -0.15) is 0 Å². The number of hydrogen-bond acceptors (Lipinski definition) is 6. The third-order valence-electron chi connectivity index (χ3n) is 7.49. The van der Waals surface area contributed by atoms with Crippen molar-refractivity contribution in [1.29, 1.82) is 0 Å². The van der Waals surface area contributed by atoms with Gasteiger partial charge in [0.05, 0.1) is 24.3 Å². The molecule has 0 heterocycles. The number of nitrogens with zero attached hydrogens (tertiary/aromatic N) is 2. The first-order chi connectivity index (χ1) is 22.6. The maximum absolute atomic E-state index is 14.7. The SMILES string of the molecule is CCOc1ccccc1N(CC(=O)N(Cc1cccc(OC)c1)C(Cc1ccccc1)C(=O)NCC(C)C)S(=O)(=O)c1ccccc1. The van der Waals surface area contributed by atoms with Crippen molar-refractivity contribution in [2.24, 2.45) is 5.92 Å². The molecule has 0 aliphatic carbocycles. The van der Waals surface area contributed by atoms with Gasteiger partial charge in [-0.25, -0.2) is 8.42 Å².